The van der Waals surface area contributed by atoms with E-state index in [1.165, 1.54) is 6.20 Å². The maximum absolute atomic E-state index is 12.8. The number of rotatable bonds is 4. The van der Waals surface area contributed by atoms with E-state index in [-0.39, 0.29) is 5.91 Å². The van der Waals surface area contributed by atoms with Gasteiger partial charge in [-0.05, 0) is 38.1 Å². The van der Waals surface area contributed by atoms with E-state index in [1.807, 2.05) is 62.4 Å². The molecule has 7 heteroatoms. The molecule has 0 spiro atoms. The number of benzene rings is 2. The van der Waals surface area contributed by atoms with Crippen LogP contribution in [0.4, 0.5) is 5.69 Å². The first-order valence-electron chi connectivity index (χ1n) is 9.04. The van der Waals surface area contributed by atoms with Crippen LogP contribution in [0.1, 0.15) is 21.6 Å². The predicted molar refractivity (Wildman–Crippen MR) is 114 cm³/mol. The van der Waals surface area contributed by atoms with E-state index in [4.69, 9.17) is 16.3 Å². The first kappa shape index (κ1) is 19.0. The summed E-state index contributed by atoms with van der Waals surface area (Å²) in [6.45, 7) is 3.83. The van der Waals surface area contributed by atoms with Crippen molar-refractivity contribution in [1.29, 1.82) is 0 Å². The highest BCUT2D eigenvalue weighted by Gasteiger charge is 2.20. The lowest BCUT2D eigenvalue weighted by molar-refractivity contribution is 0.102. The zero-order valence-corrected chi connectivity index (χ0v) is 17.0. The van der Waals surface area contributed by atoms with Gasteiger partial charge in [0.1, 0.15) is 5.75 Å². The normalized spacial score (nSPS) is 10.9. The van der Waals surface area contributed by atoms with Gasteiger partial charge in [0.25, 0.3) is 5.91 Å². The van der Waals surface area contributed by atoms with Gasteiger partial charge in [0.05, 0.1) is 34.5 Å². The van der Waals surface area contributed by atoms with Crippen molar-refractivity contribution >= 4 is 34.2 Å². The summed E-state index contributed by atoms with van der Waals surface area (Å²) >= 11 is 6.61. The topological polar surface area (TPSA) is 69.0 Å². The number of carbonyl (C=O) groups is 1. The second-order valence-corrected chi connectivity index (χ2v) is 7.08. The lowest BCUT2D eigenvalue weighted by Gasteiger charge is -2.09. The first-order valence-corrected chi connectivity index (χ1v) is 9.42. The second kappa shape index (κ2) is 7.56. The van der Waals surface area contributed by atoms with Gasteiger partial charge in [-0.3, -0.25) is 4.79 Å². The first-order chi connectivity index (χ1) is 14.0. The van der Waals surface area contributed by atoms with Gasteiger partial charge >= 0.3 is 0 Å². The molecule has 2 aromatic heterocycles. The summed E-state index contributed by atoms with van der Waals surface area (Å²) < 4.78 is 6.99. The molecule has 2 aromatic carbocycles. The molecule has 4 aromatic rings. The van der Waals surface area contributed by atoms with Crippen molar-refractivity contribution in [3.05, 3.63) is 76.6 Å². The molecule has 0 unspecified atom stereocenters. The molecule has 4 rings (SSSR count). The summed E-state index contributed by atoms with van der Waals surface area (Å²) in [6, 6.07) is 15.1. The fourth-order valence-corrected chi connectivity index (χ4v) is 3.48. The van der Waals surface area contributed by atoms with Gasteiger partial charge in [0, 0.05) is 18.0 Å². The van der Waals surface area contributed by atoms with Crippen LogP contribution in [0.15, 0.2) is 54.7 Å². The largest absolute Gasteiger partial charge is 0.497 e. The molecule has 29 heavy (non-hydrogen) atoms. The van der Waals surface area contributed by atoms with Gasteiger partial charge in [0.15, 0.2) is 5.65 Å². The Morgan fingerprint density at radius 2 is 1.90 bits per heavy atom. The quantitative estimate of drug-likeness (QED) is 0.520. The van der Waals surface area contributed by atoms with E-state index in [0.717, 1.165) is 11.3 Å². The molecule has 1 amide bonds. The number of halogens is 1. The Morgan fingerprint density at radius 3 is 2.62 bits per heavy atom. The van der Waals surface area contributed by atoms with Crippen LogP contribution in [-0.2, 0) is 0 Å². The highest BCUT2D eigenvalue weighted by atomic mass is 35.5. The van der Waals surface area contributed by atoms with E-state index in [1.54, 1.807) is 11.8 Å². The molecule has 0 radical (unpaired) electrons. The van der Waals surface area contributed by atoms with E-state index >= 15 is 0 Å². The fraction of sp³-hybridized carbons (Fsp3) is 0.136. The number of aryl methyl sites for hydroxylation is 2. The summed E-state index contributed by atoms with van der Waals surface area (Å²) in [4.78, 5) is 17.2. The predicted octanol–water partition coefficient (Wildman–Crippen LogP) is 4.95. The number of methoxy groups -OCH3 is 1. The van der Waals surface area contributed by atoms with Crippen LogP contribution in [0, 0.1) is 13.8 Å². The summed E-state index contributed by atoms with van der Waals surface area (Å²) in [5, 5.41) is 8.40. The summed E-state index contributed by atoms with van der Waals surface area (Å²) in [5.74, 6) is 0.394. The van der Waals surface area contributed by atoms with Crippen molar-refractivity contribution in [1.82, 2.24) is 14.8 Å². The lowest BCUT2D eigenvalue weighted by atomic mass is 10.1. The Bertz CT molecular complexity index is 1220. The minimum absolute atomic E-state index is 0.299. The highest BCUT2D eigenvalue weighted by Crippen LogP contribution is 2.31. The maximum atomic E-state index is 12.8. The smallest absolute Gasteiger partial charge is 0.258 e. The minimum atomic E-state index is -0.318. The molecular formula is C22H19ClN4O2. The number of nitrogens with zero attached hydrogens (tertiary/aromatic N) is 3. The van der Waals surface area contributed by atoms with Crippen molar-refractivity contribution in [2.75, 3.05) is 12.4 Å². The Labute approximate surface area is 173 Å². The average molecular weight is 407 g/mol. The number of fused-ring (bicyclic) bond motifs is 1. The Hall–Kier alpha value is -3.38. The lowest BCUT2D eigenvalue weighted by Crippen LogP contribution is -2.13. The molecule has 0 saturated heterocycles. The van der Waals surface area contributed by atoms with Crippen molar-refractivity contribution in [3.63, 3.8) is 0 Å². The van der Waals surface area contributed by atoms with Crippen LogP contribution in [0.5, 0.6) is 5.75 Å². The number of pyridine rings is 1. The molecule has 0 saturated carbocycles. The zero-order chi connectivity index (χ0) is 20.5. The SMILES string of the molecule is COc1cccc(-n2nc(C)c3c(Cl)c(C(=O)Nc4ccc(C)cc4)cnc32)c1. The zero-order valence-electron chi connectivity index (χ0n) is 16.2. The van der Waals surface area contributed by atoms with Crippen LogP contribution in [0.2, 0.25) is 5.02 Å². The van der Waals surface area contributed by atoms with Gasteiger partial charge in [0.2, 0.25) is 0 Å². The molecule has 0 bridgehead atoms. The molecule has 146 valence electrons. The minimum Gasteiger partial charge on any atom is -0.497 e. The van der Waals surface area contributed by atoms with Crippen LogP contribution in [0.25, 0.3) is 16.7 Å². The molecule has 0 atom stereocenters. The summed E-state index contributed by atoms with van der Waals surface area (Å²) in [6.07, 6.45) is 1.48. The van der Waals surface area contributed by atoms with E-state index < -0.39 is 0 Å². The number of hydrogen-bond acceptors (Lipinski definition) is 4. The number of hydrogen-bond donors (Lipinski definition) is 1. The molecule has 0 aliphatic carbocycles. The summed E-state index contributed by atoms with van der Waals surface area (Å²) in [7, 11) is 1.61. The maximum Gasteiger partial charge on any atom is 0.258 e. The molecular weight excluding hydrogens is 388 g/mol. The van der Waals surface area contributed by atoms with Gasteiger partial charge in [-0.1, -0.05) is 35.4 Å². The number of nitrogens with one attached hydrogen (secondary N) is 1. The average Bonchev–Trinajstić information content (AvgIpc) is 3.07. The van der Waals surface area contributed by atoms with Crippen molar-refractivity contribution < 1.29 is 9.53 Å². The van der Waals surface area contributed by atoms with Crippen LogP contribution >= 0.6 is 11.6 Å². The molecule has 0 fully saturated rings. The number of ether oxygens (including phenoxy) is 1. The van der Waals surface area contributed by atoms with Crippen molar-refractivity contribution in [2.24, 2.45) is 0 Å². The fourth-order valence-electron chi connectivity index (χ4n) is 3.12. The van der Waals surface area contributed by atoms with Crippen LogP contribution in [-0.4, -0.2) is 27.8 Å². The highest BCUT2D eigenvalue weighted by molar-refractivity contribution is 6.39. The summed E-state index contributed by atoms with van der Waals surface area (Å²) in [5.41, 5.74) is 4.17. The third kappa shape index (κ3) is 3.54. The van der Waals surface area contributed by atoms with E-state index in [9.17, 15) is 4.79 Å². The van der Waals surface area contributed by atoms with Gasteiger partial charge in [-0.25, -0.2) is 9.67 Å². The third-order valence-corrected chi connectivity index (χ3v) is 5.05. The van der Waals surface area contributed by atoms with Crippen LogP contribution in [0.3, 0.4) is 0 Å². The van der Waals surface area contributed by atoms with E-state index in [0.29, 0.717) is 38.8 Å². The van der Waals surface area contributed by atoms with Gasteiger partial charge in [-0.2, -0.15) is 5.10 Å². The van der Waals surface area contributed by atoms with Crippen molar-refractivity contribution in [2.45, 2.75) is 13.8 Å². The molecule has 6 nitrogen and oxygen atoms in total. The Morgan fingerprint density at radius 1 is 1.14 bits per heavy atom. The number of amides is 1. The number of anilines is 1. The number of aromatic nitrogens is 3. The number of carbonyl (C=O) groups excluding carboxylic acids is 1. The Kier molecular flexibility index (Phi) is 4.94. The van der Waals surface area contributed by atoms with Crippen LogP contribution < -0.4 is 10.1 Å². The van der Waals surface area contributed by atoms with Gasteiger partial charge in [-0.15, -0.1) is 0 Å². The van der Waals surface area contributed by atoms with Gasteiger partial charge < -0.3 is 10.1 Å². The Balaban J connectivity index is 1.75. The molecule has 1 N–H and O–H groups in total. The molecule has 0 aliphatic heterocycles. The second-order valence-electron chi connectivity index (χ2n) is 6.70. The molecule has 0 aliphatic rings. The molecule has 2 heterocycles. The van der Waals surface area contributed by atoms with Crippen molar-refractivity contribution in [3.8, 4) is 11.4 Å². The standard InChI is InChI=1S/C22H19ClN4O2/c1-13-7-9-15(10-8-13)25-22(28)18-12-24-21-19(20(18)23)14(2)26-27(21)16-5-4-6-17(11-16)29-3/h4-12H,1-3H3,(H,25,28). The monoisotopic (exact) mass is 406 g/mol. The third-order valence-electron chi connectivity index (χ3n) is 4.66. The van der Waals surface area contributed by atoms with E-state index in [2.05, 4.69) is 15.4 Å².